The minimum absolute atomic E-state index is 0.357. The Morgan fingerprint density at radius 1 is 0.862 bits per heavy atom. The summed E-state index contributed by atoms with van der Waals surface area (Å²) in [6.45, 7) is 11.8. The van der Waals surface area contributed by atoms with Gasteiger partial charge in [-0.1, -0.05) is 39.8 Å². The highest BCUT2D eigenvalue weighted by atomic mass is 16.5. The zero-order chi connectivity index (χ0) is 21.2. The fraction of sp³-hybridized carbons (Fsp3) is 0.391. The lowest BCUT2D eigenvalue weighted by Crippen LogP contribution is -2.41. The third-order valence-electron chi connectivity index (χ3n) is 4.51. The summed E-state index contributed by atoms with van der Waals surface area (Å²) in [5, 5.41) is 0. The van der Waals surface area contributed by atoms with Gasteiger partial charge in [-0.15, -0.1) is 0 Å². The second-order valence-corrected chi connectivity index (χ2v) is 7.30. The lowest BCUT2D eigenvalue weighted by Gasteiger charge is -2.18. The molecule has 2 N–H and O–H groups in total. The highest BCUT2D eigenvalue weighted by Crippen LogP contribution is 2.13. The largest absolute Gasteiger partial charge is 0.493 e. The number of hydrogen-bond acceptors (Lipinski definition) is 4. The summed E-state index contributed by atoms with van der Waals surface area (Å²) in [5.41, 5.74) is 6.98. The maximum atomic E-state index is 12.3. The molecule has 0 unspecified atom stereocenters. The lowest BCUT2D eigenvalue weighted by atomic mass is 10.1. The van der Waals surface area contributed by atoms with E-state index in [1.807, 2.05) is 12.1 Å². The molecule has 156 valence electrons. The maximum absolute atomic E-state index is 12.3. The normalized spacial score (nSPS) is 10.8. The molecule has 2 rings (SSSR count). The Kier molecular flexibility index (Phi) is 8.68. The van der Waals surface area contributed by atoms with E-state index >= 15 is 0 Å². The Hall–Kier alpha value is -2.86. The number of rotatable bonds is 9. The van der Waals surface area contributed by atoms with Crippen molar-refractivity contribution in [2.75, 3.05) is 19.7 Å². The highest BCUT2D eigenvalue weighted by molar-refractivity contribution is 5.99. The van der Waals surface area contributed by atoms with Crippen LogP contribution in [0.2, 0.25) is 0 Å². The number of hydrogen-bond donors (Lipinski definition) is 2. The molecule has 0 spiro atoms. The molecule has 0 bridgehead atoms. The van der Waals surface area contributed by atoms with Crippen molar-refractivity contribution in [2.24, 2.45) is 5.92 Å². The van der Waals surface area contributed by atoms with Gasteiger partial charge in [-0.05, 0) is 61.0 Å². The first-order valence-corrected chi connectivity index (χ1v) is 10.1. The molecule has 0 aliphatic carbocycles. The zero-order valence-electron chi connectivity index (χ0n) is 17.7. The van der Waals surface area contributed by atoms with E-state index in [1.54, 1.807) is 36.4 Å². The van der Waals surface area contributed by atoms with Crippen LogP contribution in [0.25, 0.3) is 0 Å². The van der Waals surface area contributed by atoms with Crippen LogP contribution in [0.15, 0.2) is 48.5 Å². The first-order valence-electron chi connectivity index (χ1n) is 10.1. The number of hydrazine groups is 1. The molecule has 0 saturated carbocycles. The van der Waals surface area contributed by atoms with E-state index in [9.17, 15) is 9.59 Å². The van der Waals surface area contributed by atoms with E-state index in [0.29, 0.717) is 29.4 Å². The van der Waals surface area contributed by atoms with Crippen LogP contribution in [-0.4, -0.2) is 36.4 Å². The van der Waals surface area contributed by atoms with Crippen molar-refractivity contribution >= 4 is 11.8 Å². The van der Waals surface area contributed by atoms with Gasteiger partial charge in [0.15, 0.2) is 0 Å². The summed E-state index contributed by atoms with van der Waals surface area (Å²) < 4.78 is 5.60. The van der Waals surface area contributed by atoms with Gasteiger partial charge >= 0.3 is 0 Å². The smallest absolute Gasteiger partial charge is 0.269 e. The average Bonchev–Trinajstić information content (AvgIpc) is 2.74. The fourth-order valence-corrected chi connectivity index (χ4v) is 2.69. The van der Waals surface area contributed by atoms with E-state index in [0.717, 1.165) is 25.2 Å². The van der Waals surface area contributed by atoms with Gasteiger partial charge in [0.2, 0.25) is 0 Å². The molecule has 6 nitrogen and oxygen atoms in total. The summed E-state index contributed by atoms with van der Waals surface area (Å²) in [7, 11) is 0. The van der Waals surface area contributed by atoms with Gasteiger partial charge in [-0.25, -0.2) is 0 Å². The third-order valence-corrected chi connectivity index (χ3v) is 4.51. The molecule has 0 heterocycles. The number of carbonyl (C=O) groups excluding carboxylic acids is 2. The van der Waals surface area contributed by atoms with E-state index in [-0.39, 0.29) is 11.8 Å². The van der Waals surface area contributed by atoms with E-state index < -0.39 is 0 Å². The summed E-state index contributed by atoms with van der Waals surface area (Å²) in [5.74, 6) is 0.403. The maximum Gasteiger partial charge on any atom is 0.269 e. The van der Waals surface area contributed by atoms with Crippen molar-refractivity contribution in [3.05, 3.63) is 65.2 Å². The molecular formula is C23H31N3O3. The number of nitrogens with one attached hydrogen (secondary N) is 2. The Morgan fingerprint density at radius 3 is 1.79 bits per heavy atom. The predicted octanol–water partition coefficient (Wildman–Crippen LogP) is 3.64. The van der Waals surface area contributed by atoms with Crippen molar-refractivity contribution in [1.29, 1.82) is 0 Å². The van der Waals surface area contributed by atoms with Crippen LogP contribution in [0.5, 0.6) is 5.75 Å². The van der Waals surface area contributed by atoms with E-state index in [1.165, 1.54) is 0 Å². The topological polar surface area (TPSA) is 70.7 Å². The van der Waals surface area contributed by atoms with Gasteiger partial charge < -0.3 is 4.74 Å². The van der Waals surface area contributed by atoms with Crippen LogP contribution in [0, 0.1) is 5.92 Å². The monoisotopic (exact) mass is 397 g/mol. The summed E-state index contributed by atoms with van der Waals surface area (Å²) in [6.07, 6.45) is 0. The average molecular weight is 398 g/mol. The second kappa shape index (κ2) is 11.2. The zero-order valence-corrected chi connectivity index (χ0v) is 17.7. The van der Waals surface area contributed by atoms with Crippen molar-refractivity contribution in [1.82, 2.24) is 15.8 Å². The molecule has 0 fully saturated rings. The number of nitrogens with zero attached hydrogens (tertiary/aromatic N) is 1. The molecule has 0 radical (unpaired) electrons. The molecule has 2 amide bonds. The van der Waals surface area contributed by atoms with Crippen molar-refractivity contribution < 1.29 is 14.3 Å². The van der Waals surface area contributed by atoms with Crippen LogP contribution in [0.1, 0.15) is 54.0 Å². The van der Waals surface area contributed by atoms with Gasteiger partial charge in [-0.3, -0.25) is 25.3 Å². The van der Waals surface area contributed by atoms with Gasteiger partial charge in [0.05, 0.1) is 6.61 Å². The molecule has 0 aliphatic heterocycles. The first kappa shape index (κ1) is 22.4. The molecule has 0 atom stereocenters. The number of amides is 2. The molecule has 0 saturated heterocycles. The summed E-state index contributed by atoms with van der Waals surface area (Å²) in [6, 6.07) is 14.2. The van der Waals surface area contributed by atoms with Crippen LogP contribution in [0.3, 0.4) is 0 Å². The predicted molar refractivity (Wildman–Crippen MR) is 115 cm³/mol. The minimum atomic E-state index is -0.382. The van der Waals surface area contributed by atoms with Gasteiger partial charge in [0, 0.05) is 17.7 Å². The van der Waals surface area contributed by atoms with Crippen LogP contribution < -0.4 is 15.6 Å². The summed E-state index contributed by atoms with van der Waals surface area (Å²) in [4.78, 5) is 26.8. The van der Waals surface area contributed by atoms with E-state index in [2.05, 4.69) is 43.4 Å². The molecule has 2 aromatic carbocycles. The number of ether oxygens (including phenoxy) is 1. The van der Waals surface area contributed by atoms with Crippen LogP contribution in [-0.2, 0) is 6.54 Å². The number of benzene rings is 2. The summed E-state index contributed by atoms with van der Waals surface area (Å²) >= 11 is 0. The van der Waals surface area contributed by atoms with Gasteiger partial charge in [0.1, 0.15) is 5.75 Å². The Labute approximate surface area is 173 Å². The highest BCUT2D eigenvalue weighted by Gasteiger charge is 2.10. The Balaban J connectivity index is 1.85. The first-order chi connectivity index (χ1) is 13.9. The van der Waals surface area contributed by atoms with Crippen molar-refractivity contribution in [3.63, 3.8) is 0 Å². The molecular weight excluding hydrogens is 366 g/mol. The van der Waals surface area contributed by atoms with Gasteiger partial charge in [0.25, 0.3) is 11.8 Å². The fourth-order valence-electron chi connectivity index (χ4n) is 2.69. The van der Waals surface area contributed by atoms with Crippen molar-refractivity contribution in [3.8, 4) is 5.75 Å². The molecule has 0 aliphatic rings. The molecule has 29 heavy (non-hydrogen) atoms. The quantitative estimate of drug-likeness (QED) is 0.634. The Bertz CT molecular complexity index is 782. The third kappa shape index (κ3) is 7.23. The standard InChI is InChI=1S/C23H31N3O3/c1-5-26(6-2)15-18-7-9-19(10-8-18)22(27)24-25-23(28)20-11-13-21(14-12-20)29-16-17(3)4/h7-14,17H,5-6,15-16H2,1-4H3,(H,24,27)(H,25,28). The van der Waals surface area contributed by atoms with Crippen LogP contribution in [0.4, 0.5) is 0 Å². The molecule has 0 aromatic heterocycles. The van der Waals surface area contributed by atoms with Crippen molar-refractivity contribution in [2.45, 2.75) is 34.2 Å². The van der Waals surface area contributed by atoms with E-state index in [4.69, 9.17) is 4.74 Å². The number of carbonyl (C=O) groups is 2. The molecule has 2 aromatic rings. The SMILES string of the molecule is CCN(CC)Cc1ccc(C(=O)NNC(=O)c2ccc(OCC(C)C)cc2)cc1. The van der Waals surface area contributed by atoms with Gasteiger partial charge in [-0.2, -0.15) is 0 Å². The second-order valence-electron chi connectivity index (χ2n) is 7.30. The lowest BCUT2D eigenvalue weighted by molar-refractivity contribution is 0.0846. The minimum Gasteiger partial charge on any atom is -0.493 e. The van der Waals surface area contributed by atoms with Crippen LogP contribution >= 0.6 is 0 Å². The Morgan fingerprint density at radius 2 is 1.34 bits per heavy atom. The molecule has 6 heteroatoms.